The lowest BCUT2D eigenvalue weighted by atomic mass is 10.1. The number of rotatable bonds is 5. The molecule has 1 atom stereocenters. The minimum atomic E-state index is 0. The molecule has 2 heterocycles. The number of para-hydroxylation sites is 3. The van der Waals surface area contributed by atoms with E-state index in [9.17, 15) is 0 Å². The van der Waals surface area contributed by atoms with E-state index in [1.54, 1.807) is 7.11 Å². The van der Waals surface area contributed by atoms with Crippen molar-refractivity contribution in [1.82, 2.24) is 5.32 Å². The second kappa shape index (κ2) is 10.2. The molecule has 2 aliphatic rings. The van der Waals surface area contributed by atoms with Gasteiger partial charge in [0.05, 0.1) is 12.8 Å². The molecule has 0 amide bonds. The van der Waals surface area contributed by atoms with E-state index in [0.29, 0.717) is 5.92 Å². The first-order chi connectivity index (χ1) is 13.8. The van der Waals surface area contributed by atoms with Gasteiger partial charge in [0.15, 0.2) is 5.96 Å². The van der Waals surface area contributed by atoms with Gasteiger partial charge in [0, 0.05) is 38.4 Å². The molecule has 1 N–H and O–H groups in total. The standard InChI is InChI=1S/C23H30N4O.HI/c1-3-24-23(27-15-13-19-8-4-5-9-20(19)27)25-16-18-12-14-26(17-18)21-10-6-7-11-22(21)28-2;/h4-11,18H,3,12-17H2,1-2H3,(H,24,25);1H. The van der Waals surface area contributed by atoms with Crippen LogP contribution in [-0.2, 0) is 6.42 Å². The maximum Gasteiger partial charge on any atom is 0.198 e. The summed E-state index contributed by atoms with van der Waals surface area (Å²) in [4.78, 5) is 9.79. The van der Waals surface area contributed by atoms with E-state index < -0.39 is 0 Å². The summed E-state index contributed by atoms with van der Waals surface area (Å²) in [6.45, 7) is 6.96. The van der Waals surface area contributed by atoms with Crippen LogP contribution in [0.2, 0.25) is 0 Å². The molecule has 29 heavy (non-hydrogen) atoms. The van der Waals surface area contributed by atoms with Crippen molar-refractivity contribution < 1.29 is 4.74 Å². The third kappa shape index (κ3) is 4.79. The predicted octanol–water partition coefficient (Wildman–Crippen LogP) is 4.17. The lowest BCUT2D eigenvalue weighted by Crippen LogP contribution is -2.41. The third-order valence-electron chi connectivity index (χ3n) is 5.69. The molecule has 0 aliphatic carbocycles. The van der Waals surface area contributed by atoms with Crippen LogP contribution in [0.15, 0.2) is 53.5 Å². The summed E-state index contributed by atoms with van der Waals surface area (Å²) < 4.78 is 5.54. The molecule has 156 valence electrons. The van der Waals surface area contributed by atoms with Crippen LogP contribution in [-0.4, -0.2) is 45.8 Å². The van der Waals surface area contributed by atoms with Gasteiger partial charge in [0.2, 0.25) is 0 Å². The van der Waals surface area contributed by atoms with E-state index >= 15 is 0 Å². The van der Waals surface area contributed by atoms with E-state index in [1.165, 1.54) is 16.9 Å². The normalized spacial score (nSPS) is 18.4. The van der Waals surface area contributed by atoms with Crippen molar-refractivity contribution in [3.63, 3.8) is 0 Å². The highest BCUT2D eigenvalue weighted by Gasteiger charge is 2.26. The summed E-state index contributed by atoms with van der Waals surface area (Å²) in [5, 5.41) is 3.49. The molecule has 2 aliphatic heterocycles. The van der Waals surface area contributed by atoms with E-state index in [0.717, 1.165) is 57.3 Å². The van der Waals surface area contributed by atoms with Crippen LogP contribution in [0.25, 0.3) is 0 Å². The molecular weight excluding hydrogens is 475 g/mol. The number of anilines is 2. The fourth-order valence-electron chi connectivity index (χ4n) is 4.26. The SMILES string of the molecule is CCNC(=NCC1CCN(c2ccccc2OC)C1)N1CCc2ccccc21.I. The zero-order valence-corrected chi connectivity index (χ0v) is 19.6. The average Bonchev–Trinajstić information content (AvgIpc) is 3.38. The van der Waals surface area contributed by atoms with E-state index in [4.69, 9.17) is 9.73 Å². The van der Waals surface area contributed by atoms with Gasteiger partial charge in [-0.05, 0) is 49.4 Å². The van der Waals surface area contributed by atoms with Gasteiger partial charge in [-0.1, -0.05) is 30.3 Å². The second-order valence-corrected chi connectivity index (χ2v) is 7.50. The largest absolute Gasteiger partial charge is 0.495 e. The van der Waals surface area contributed by atoms with Crippen molar-refractivity contribution in [3.8, 4) is 5.75 Å². The molecule has 2 aromatic carbocycles. The van der Waals surface area contributed by atoms with Gasteiger partial charge < -0.3 is 19.9 Å². The molecule has 0 saturated carbocycles. The number of guanidine groups is 1. The smallest absolute Gasteiger partial charge is 0.198 e. The highest BCUT2D eigenvalue weighted by atomic mass is 127. The molecule has 0 spiro atoms. The molecule has 1 fully saturated rings. The van der Waals surface area contributed by atoms with E-state index in [-0.39, 0.29) is 24.0 Å². The molecule has 0 aromatic heterocycles. The number of nitrogens with zero attached hydrogens (tertiary/aromatic N) is 3. The Morgan fingerprint density at radius 1 is 1.10 bits per heavy atom. The number of methoxy groups -OCH3 is 1. The Morgan fingerprint density at radius 3 is 2.66 bits per heavy atom. The van der Waals surface area contributed by atoms with Crippen LogP contribution < -0.4 is 19.9 Å². The van der Waals surface area contributed by atoms with Crippen LogP contribution in [0, 0.1) is 5.92 Å². The number of nitrogens with one attached hydrogen (secondary N) is 1. The van der Waals surface area contributed by atoms with Crippen LogP contribution in [0.1, 0.15) is 18.9 Å². The fraction of sp³-hybridized carbons (Fsp3) is 0.435. The maximum atomic E-state index is 5.54. The number of halogens is 1. The molecule has 1 saturated heterocycles. The molecule has 4 rings (SSSR count). The van der Waals surface area contributed by atoms with Crippen molar-refractivity contribution in [1.29, 1.82) is 0 Å². The molecule has 2 aromatic rings. The van der Waals surface area contributed by atoms with Gasteiger partial charge in [0.1, 0.15) is 5.75 Å². The molecule has 6 heteroatoms. The molecule has 0 bridgehead atoms. The van der Waals surface area contributed by atoms with Crippen molar-refractivity contribution in [2.75, 3.05) is 49.6 Å². The summed E-state index contributed by atoms with van der Waals surface area (Å²) in [6.07, 6.45) is 2.25. The molecular formula is C23H31IN4O. The first kappa shape index (κ1) is 21.7. The number of hydrogen-bond acceptors (Lipinski definition) is 3. The van der Waals surface area contributed by atoms with E-state index in [1.807, 2.05) is 12.1 Å². The topological polar surface area (TPSA) is 40.1 Å². The molecule has 5 nitrogen and oxygen atoms in total. The first-order valence-corrected chi connectivity index (χ1v) is 10.3. The summed E-state index contributed by atoms with van der Waals surface area (Å²) in [5.74, 6) is 2.54. The number of aliphatic imine (C=N–C) groups is 1. The Balaban J connectivity index is 0.00000240. The quantitative estimate of drug-likeness (QED) is 0.376. The Labute approximate surface area is 191 Å². The minimum absolute atomic E-state index is 0. The molecule has 0 radical (unpaired) electrons. The van der Waals surface area contributed by atoms with Crippen molar-refractivity contribution in [2.45, 2.75) is 19.8 Å². The van der Waals surface area contributed by atoms with Crippen LogP contribution >= 0.6 is 24.0 Å². The Kier molecular flexibility index (Phi) is 7.64. The second-order valence-electron chi connectivity index (χ2n) is 7.50. The summed E-state index contributed by atoms with van der Waals surface area (Å²) in [5.41, 5.74) is 3.90. The van der Waals surface area contributed by atoms with Gasteiger partial charge >= 0.3 is 0 Å². The monoisotopic (exact) mass is 506 g/mol. The van der Waals surface area contributed by atoms with Crippen molar-refractivity contribution >= 4 is 41.3 Å². The Bertz CT molecular complexity index is 841. The van der Waals surface area contributed by atoms with Crippen LogP contribution in [0.3, 0.4) is 0 Å². The number of ether oxygens (including phenoxy) is 1. The molecule has 1 unspecified atom stereocenters. The van der Waals surface area contributed by atoms with Gasteiger partial charge in [-0.15, -0.1) is 24.0 Å². The average molecular weight is 506 g/mol. The van der Waals surface area contributed by atoms with Gasteiger partial charge in [0.25, 0.3) is 0 Å². The highest BCUT2D eigenvalue weighted by Crippen LogP contribution is 2.32. The Morgan fingerprint density at radius 2 is 1.86 bits per heavy atom. The number of hydrogen-bond donors (Lipinski definition) is 1. The van der Waals surface area contributed by atoms with Gasteiger partial charge in [-0.25, -0.2) is 0 Å². The van der Waals surface area contributed by atoms with Crippen LogP contribution in [0.5, 0.6) is 5.75 Å². The number of benzene rings is 2. The lowest BCUT2D eigenvalue weighted by Gasteiger charge is -2.23. The van der Waals surface area contributed by atoms with Gasteiger partial charge in [-0.2, -0.15) is 0 Å². The van der Waals surface area contributed by atoms with Crippen LogP contribution in [0.4, 0.5) is 11.4 Å². The minimum Gasteiger partial charge on any atom is -0.495 e. The number of fused-ring (bicyclic) bond motifs is 1. The zero-order chi connectivity index (χ0) is 19.3. The third-order valence-corrected chi connectivity index (χ3v) is 5.69. The van der Waals surface area contributed by atoms with Crippen molar-refractivity contribution in [2.24, 2.45) is 10.9 Å². The lowest BCUT2D eigenvalue weighted by molar-refractivity contribution is 0.414. The van der Waals surface area contributed by atoms with E-state index in [2.05, 4.69) is 58.4 Å². The van der Waals surface area contributed by atoms with Gasteiger partial charge in [-0.3, -0.25) is 4.99 Å². The summed E-state index contributed by atoms with van der Waals surface area (Å²) >= 11 is 0. The highest BCUT2D eigenvalue weighted by molar-refractivity contribution is 14.0. The zero-order valence-electron chi connectivity index (χ0n) is 17.3. The fourth-order valence-corrected chi connectivity index (χ4v) is 4.26. The first-order valence-electron chi connectivity index (χ1n) is 10.3. The predicted molar refractivity (Wildman–Crippen MR) is 132 cm³/mol. The maximum absolute atomic E-state index is 5.54. The summed E-state index contributed by atoms with van der Waals surface area (Å²) in [6, 6.07) is 17.0. The Hall–Kier alpha value is -1.96. The van der Waals surface area contributed by atoms with Crippen molar-refractivity contribution in [3.05, 3.63) is 54.1 Å². The summed E-state index contributed by atoms with van der Waals surface area (Å²) in [7, 11) is 1.74.